The lowest BCUT2D eigenvalue weighted by atomic mass is 10.1. The van der Waals surface area contributed by atoms with E-state index in [0.29, 0.717) is 5.69 Å². The molecule has 1 aromatic carbocycles. The maximum Gasteiger partial charge on any atom is 0.354 e. The van der Waals surface area contributed by atoms with Gasteiger partial charge < -0.3 is 14.7 Å². The van der Waals surface area contributed by atoms with Crippen LogP contribution in [0.4, 0.5) is 0 Å². The molecule has 2 N–H and O–H groups in total. The van der Waals surface area contributed by atoms with Crippen LogP contribution in [0.25, 0.3) is 10.9 Å². The Morgan fingerprint density at radius 2 is 2.26 bits per heavy atom. The second kappa shape index (κ2) is 4.61. The van der Waals surface area contributed by atoms with E-state index in [9.17, 15) is 4.79 Å². The minimum atomic E-state index is -0.358. The summed E-state index contributed by atoms with van der Waals surface area (Å²) in [6.45, 7) is 0. The summed E-state index contributed by atoms with van der Waals surface area (Å²) in [4.78, 5) is 21.8. The molecule has 3 aromatic rings. The first-order valence-electron chi connectivity index (χ1n) is 5.94. The van der Waals surface area contributed by atoms with Crippen LogP contribution in [0.5, 0.6) is 0 Å². The number of esters is 1. The van der Waals surface area contributed by atoms with Crippen molar-refractivity contribution in [3.05, 3.63) is 53.7 Å². The Balaban J connectivity index is 1.94. The molecule has 19 heavy (non-hydrogen) atoms. The number of methoxy groups -OCH3 is 1. The van der Waals surface area contributed by atoms with Crippen molar-refractivity contribution in [2.75, 3.05) is 7.11 Å². The number of hydrogen-bond acceptors (Lipinski definition) is 3. The van der Waals surface area contributed by atoms with Gasteiger partial charge in [-0.05, 0) is 17.7 Å². The number of benzene rings is 1. The number of hydrogen-bond donors (Lipinski definition) is 2. The van der Waals surface area contributed by atoms with Crippen LogP contribution in [-0.2, 0) is 11.2 Å². The molecular formula is C14H13N3O2. The molecule has 0 saturated heterocycles. The Morgan fingerprint density at radius 3 is 3.00 bits per heavy atom. The predicted molar refractivity (Wildman–Crippen MR) is 71.0 cm³/mol. The summed E-state index contributed by atoms with van der Waals surface area (Å²) < 4.78 is 4.70. The third kappa shape index (κ3) is 2.22. The molecule has 0 atom stereocenters. The second-order valence-corrected chi connectivity index (χ2v) is 4.31. The van der Waals surface area contributed by atoms with Gasteiger partial charge in [0.2, 0.25) is 0 Å². The maximum atomic E-state index is 11.5. The molecule has 0 saturated carbocycles. The number of H-pyrrole nitrogens is 2. The van der Waals surface area contributed by atoms with Crippen LogP contribution >= 0.6 is 0 Å². The highest BCUT2D eigenvalue weighted by molar-refractivity contribution is 5.94. The van der Waals surface area contributed by atoms with Crippen LogP contribution < -0.4 is 0 Å². The Kier molecular flexibility index (Phi) is 2.79. The van der Waals surface area contributed by atoms with Crippen molar-refractivity contribution in [1.82, 2.24) is 15.0 Å². The number of nitrogens with zero attached hydrogens (tertiary/aromatic N) is 1. The molecule has 0 aliphatic rings. The normalized spacial score (nSPS) is 10.8. The number of imidazole rings is 1. The van der Waals surface area contributed by atoms with Gasteiger partial charge in [0.15, 0.2) is 0 Å². The van der Waals surface area contributed by atoms with Crippen molar-refractivity contribution in [3.8, 4) is 0 Å². The van der Waals surface area contributed by atoms with Crippen LogP contribution in [0.3, 0.4) is 0 Å². The lowest BCUT2D eigenvalue weighted by molar-refractivity contribution is 0.0595. The fourth-order valence-corrected chi connectivity index (χ4v) is 2.09. The number of ether oxygens (including phenoxy) is 1. The average molecular weight is 255 g/mol. The second-order valence-electron chi connectivity index (χ2n) is 4.31. The molecule has 0 aliphatic carbocycles. The molecule has 96 valence electrons. The zero-order chi connectivity index (χ0) is 13.2. The number of aromatic amines is 2. The molecule has 5 nitrogen and oxygen atoms in total. The zero-order valence-electron chi connectivity index (χ0n) is 10.4. The summed E-state index contributed by atoms with van der Waals surface area (Å²) in [6.07, 6.45) is 4.27. The molecule has 0 fully saturated rings. The highest BCUT2D eigenvalue weighted by Crippen LogP contribution is 2.19. The Bertz CT molecular complexity index is 713. The third-order valence-electron chi connectivity index (χ3n) is 3.02. The molecule has 2 heterocycles. The van der Waals surface area contributed by atoms with Gasteiger partial charge in [-0.1, -0.05) is 12.1 Å². The maximum absolute atomic E-state index is 11.5. The minimum Gasteiger partial charge on any atom is -0.464 e. The highest BCUT2D eigenvalue weighted by Gasteiger charge is 2.09. The molecule has 2 aromatic heterocycles. The first kappa shape index (κ1) is 11.5. The summed E-state index contributed by atoms with van der Waals surface area (Å²) in [5, 5.41) is 0.989. The smallest absolute Gasteiger partial charge is 0.354 e. The molecular weight excluding hydrogens is 242 g/mol. The minimum absolute atomic E-state index is 0.358. The van der Waals surface area contributed by atoms with E-state index in [4.69, 9.17) is 4.74 Å². The number of carbonyl (C=O) groups is 1. The third-order valence-corrected chi connectivity index (χ3v) is 3.02. The van der Waals surface area contributed by atoms with E-state index in [2.05, 4.69) is 15.0 Å². The van der Waals surface area contributed by atoms with E-state index in [-0.39, 0.29) is 5.97 Å². The predicted octanol–water partition coefficient (Wildman–Crippen LogP) is 2.27. The quantitative estimate of drug-likeness (QED) is 0.705. The van der Waals surface area contributed by atoms with Crippen LogP contribution in [0.1, 0.15) is 21.9 Å². The van der Waals surface area contributed by atoms with Crippen LogP contribution in [0.15, 0.2) is 36.7 Å². The summed E-state index contributed by atoms with van der Waals surface area (Å²) in [7, 11) is 1.37. The van der Waals surface area contributed by atoms with Crippen molar-refractivity contribution in [1.29, 1.82) is 0 Å². The number of carbonyl (C=O) groups excluding carboxylic acids is 1. The van der Waals surface area contributed by atoms with Crippen molar-refractivity contribution < 1.29 is 9.53 Å². The molecule has 0 aliphatic heterocycles. The average Bonchev–Trinajstić information content (AvgIpc) is 3.06. The molecule has 0 unspecified atom stereocenters. The summed E-state index contributed by atoms with van der Waals surface area (Å²) in [6, 6.07) is 7.82. The number of nitrogens with one attached hydrogen (secondary N) is 2. The van der Waals surface area contributed by atoms with Crippen LogP contribution in [0.2, 0.25) is 0 Å². The Hall–Kier alpha value is -2.56. The van der Waals surface area contributed by atoms with E-state index >= 15 is 0 Å². The van der Waals surface area contributed by atoms with Gasteiger partial charge in [0.05, 0.1) is 7.11 Å². The van der Waals surface area contributed by atoms with Gasteiger partial charge in [-0.15, -0.1) is 0 Å². The lowest BCUT2D eigenvalue weighted by Crippen LogP contribution is -2.00. The SMILES string of the molecule is COC(=O)c1cc2ccc(Cc3ncc[nH]3)cc2[nH]1. The topological polar surface area (TPSA) is 70.8 Å². The van der Waals surface area contributed by atoms with E-state index in [1.165, 1.54) is 7.11 Å². The fraction of sp³-hybridized carbons (Fsp3) is 0.143. The van der Waals surface area contributed by atoms with Crippen molar-refractivity contribution in [2.24, 2.45) is 0 Å². The van der Waals surface area contributed by atoms with E-state index < -0.39 is 0 Å². The molecule has 0 spiro atoms. The van der Waals surface area contributed by atoms with Gasteiger partial charge in [0.25, 0.3) is 0 Å². The molecule has 0 bridgehead atoms. The van der Waals surface area contributed by atoms with E-state index in [1.54, 1.807) is 18.5 Å². The van der Waals surface area contributed by atoms with Gasteiger partial charge in [0.1, 0.15) is 11.5 Å². The molecule has 0 amide bonds. The molecule has 5 heteroatoms. The molecule has 0 radical (unpaired) electrons. The van der Waals surface area contributed by atoms with Crippen molar-refractivity contribution in [2.45, 2.75) is 6.42 Å². The fourth-order valence-electron chi connectivity index (χ4n) is 2.09. The Labute approximate surface area is 109 Å². The van der Waals surface area contributed by atoms with Crippen LogP contribution in [0, 0.1) is 0 Å². The largest absolute Gasteiger partial charge is 0.464 e. The Morgan fingerprint density at radius 1 is 1.37 bits per heavy atom. The van der Waals surface area contributed by atoms with Gasteiger partial charge in [-0.3, -0.25) is 0 Å². The standard InChI is InChI=1S/C14H13N3O2/c1-19-14(18)12-8-10-3-2-9(6-11(10)17-12)7-13-15-4-5-16-13/h2-6,8,17H,7H2,1H3,(H,15,16). The number of fused-ring (bicyclic) bond motifs is 1. The monoisotopic (exact) mass is 255 g/mol. The molecule has 3 rings (SSSR count). The number of aromatic nitrogens is 3. The van der Waals surface area contributed by atoms with E-state index in [0.717, 1.165) is 28.7 Å². The first-order chi connectivity index (χ1) is 9.26. The summed E-state index contributed by atoms with van der Waals surface area (Å²) in [5.41, 5.74) is 2.51. The first-order valence-corrected chi connectivity index (χ1v) is 5.94. The van der Waals surface area contributed by atoms with Crippen molar-refractivity contribution in [3.63, 3.8) is 0 Å². The zero-order valence-corrected chi connectivity index (χ0v) is 10.4. The lowest BCUT2D eigenvalue weighted by Gasteiger charge is -1.98. The highest BCUT2D eigenvalue weighted by atomic mass is 16.5. The number of rotatable bonds is 3. The van der Waals surface area contributed by atoms with Gasteiger partial charge in [0, 0.05) is 29.7 Å². The summed E-state index contributed by atoms with van der Waals surface area (Å²) in [5.74, 6) is 0.558. The van der Waals surface area contributed by atoms with Crippen LogP contribution in [-0.4, -0.2) is 28.0 Å². The van der Waals surface area contributed by atoms with Crippen molar-refractivity contribution >= 4 is 16.9 Å². The van der Waals surface area contributed by atoms with Gasteiger partial charge in [-0.25, -0.2) is 9.78 Å². The van der Waals surface area contributed by atoms with Gasteiger partial charge >= 0.3 is 5.97 Å². The van der Waals surface area contributed by atoms with E-state index in [1.807, 2.05) is 18.2 Å². The van der Waals surface area contributed by atoms with Gasteiger partial charge in [-0.2, -0.15) is 0 Å². The summed E-state index contributed by atoms with van der Waals surface area (Å²) >= 11 is 0.